The number of carbonyl (C=O) groups excluding carboxylic acids is 1. The molecule has 2 nitrogen and oxygen atoms in total. The molecule has 2 rings (SSSR count). The van der Waals surface area contributed by atoms with Gasteiger partial charge in [-0.1, -0.05) is 0 Å². The molecule has 1 aromatic heterocycles. The quantitative estimate of drug-likeness (QED) is 0.592. The average Bonchev–Trinajstić information content (AvgIpc) is 2.60. The summed E-state index contributed by atoms with van der Waals surface area (Å²) >= 11 is 5.57. The van der Waals surface area contributed by atoms with Crippen molar-refractivity contribution in [2.75, 3.05) is 0 Å². The van der Waals surface area contributed by atoms with E-state index >= 15 is 0 Å². The van der Waals surface area contributed by atoms with E-state index in [9.17, 15) is 4.79 Å². The molecule has 0 N–H and O–H groups in total. The van der Waals surface area contributed by atoms with E-state index in [1.165, 1.54) is 11.3 Å². The molecule has 4 heteroatoms. The molecule has 14 heavy (non-hydrogen) atoms. The molecule has 0 atom stereocenters. The second kappa shape index (κ2) is 3.45. The molecule has 0 saturated heterocycles. The molecule has 0 aliphatic carbocycles. The number of nitriles is 1. The molecule has 0 unspecified atom stereocenters. The molecule has 0 aliphatic heterocycles. The van der Waals surface area contributed by atoms with E-state index in [1.54, 1.807) is 12.1 Å². The number of rotatable bonds is 1. The lowest BCUT2D eigenvalue weighted by molar-refractivity contribution is 0.112. The Kier molecular flexibility index (Phi) is 2.28. The van der Waals surface area contributed by atoms with E-state index in [-0.39, 0.29) is 0 Å². The van der Waals surface area contributed by atoms with Crippen molar-refractivity contribution in [3.8, 4) is 6.07 Å². The fourth-order valence-corrected chi connectivity index (χ4v) is 2.43. The lowest BCUT2D eigenvalue weighted by Crippen LogP contribution is -1.77. The van der Waals surface area contributed by atoms with E-state index in [2.05, 4.69) is 18.7 Å². The Morgan fingerprint density at radius 1 is 1.50 bits per heavy atom. The molecule has 0 amide bonds. The Balaban J connectivity index is 2.87. The van der Waals surface area contributed by atoms with Gasteiger partial charge in [0, 0.05) is 15.0 Å². The first-order valence-corrected chi connectivity index (χ1v) is 5.13. The summed E-state index contributed by atoms with van der Waals surface area (Å²) in [6.45, 7) is 0. The fourth-order valence-electron chi connectivity index (χ4n) is 1.30. The summed E-state index contributed by atoms with van der Waals surface area (Å²) in [5.74, 6) is 0. The van der Waals surface area contributed by atoms with Crippen molar-refractivity contribution in [3.63, 3.8) is 0 Å². The third-order valence-electron chi connectivity index (χ3n) is 1.93. The van der Waals surface area contributed by atoms with Crippen molar-refractivity contribution >= 4 is 40.3 Å². The molecule has 0 fully saturated rings. The largest absolute Gasteiger partial charge is 0.297 e. The normalized spacial score (nSPS) is 10.0. The Bertz CT molecular complexity index is 551. The maximum absolute atomic E-state index is 10.6. The molecule has 0 radical (unpaired) electrons. The van der Waals surface area contributed by atoms with Crippen LogP contribution in [0.1, 0.15) is 15.2 Å². The van der Waals surface area contributed by atoms with E-state index in [4.69, 9.17) is 5.26 Å². The zero-order valence-electron chi connectivity index (χ0n) is 7.02. The molecule has 1 aromatic carbocycles. The van der Waals surface area contributed by atoms with Gasteiger partial charge in [-0.3, -0.25) is 4.79 Å². The lowest BCUT2D eigenvalue weighted by Gasteiger charge is -1.95. The average molecular weight is 219 g/mol. The van der Waals surface area contributed by atoms with E-state index < -0.39 is 0 Å². The smallest absolute Gasteiger partial charge is 0.160 e. The molecule has 0 spiro atoms. The number of benzene rings is 1. The van der Waals surface area contributed by atoms with Gasteiger partial charge in [-0.25, -0.2) is 0 Å². The molecule has 68 valence electrons. The van der Waals surface area contributed by atoms with Gasteiger partial charge in [0.05, 0.1) is 10.4 Å². The Morgan fingerprint density at radius 3 is 2.93 bits per heavy atom. The molecular formula is C10H5NOS2. The van der Waals surface area contributed by atoms with Crippen molar-refractivity contribution < 1.29 is 4.79 Å². The van der Waals surface area contributed by atoms with Crippen LogP contribution in [0.5, 0.6) is 0 Å². The van der Waals surface area contributed by atoms with Gasteiger partial charge in [0.2, 0.25) is 0 Å². The van der Waals surface area contributed by atoms with Crippen molar-refractivity contribution in [2.24, 2.45) is 0 Å². The maximum atomic E-state index is 10.6. The van der Waals surface area contributed by atoms with Crippen LogP contribution in [0.15, 0.2) is 23.1 Å². The van der Waals surface area contributed by atoms with Gasteiger partial charge in [-0.15, -0.1) is 24.0 Å². The fraction of sp³-hybridized carbons (Fsp3) is 0. The monoisotopic (exact) mass is 219 g/mol. The second-order valence-corrected chi connectivity index (χ2v) is 4.35. The first kappa shape index (κ1) is 9.25. The zero-order valence-corrected chi connectivity index (χ0v) is 8.73. The molecular weight excluding hydrogens is 214 g/mol. The Hall–Kier alpha value is -1.31. The van der Waals surface area contributed by atoms with Gasteiger partial charge >= 0.3 is 0 Å². The summed E-state index contributed by atoms with van der Waals surface area (Å²) in [6.07, 6.45) is 0.796. The molecule has 0 aliphatic rings. The summed E-state index contributed by atoms with van der Waals surface area (Å²) < 4.78 is 0.946. The lowest BCUT2D eigenvalue weighted by atomic mass is 10.1. The van der Waals surface area contributed by atoms with E-state index in [1.807, 2.05) is 6.07 Å². The van der Waals surface area contributed by atoms with Crippen molar-refractivity contribution in [1.29, 1.82) is 5.26 Å². The Labute approximate surface area is 90.2 Å². The highest BCUT2D eigenvalue weighted by Gasteiger charge is 2.08. The van der Waals surface area contributed by atoms with Crippen LogP contribution >= 0.6 is 24.0 Å². The topological polar surface area (TPSA) is 40.9 Å². The standard InChI is InChI=1S/C10H5NOS2/c11-4-8-7-3-6(5-12)14-10(7)2-1-9(8)13/h1-3,5,13H. The van der Waals surface area contributed by atoms with Crippen LogP contribution in [0.25, 0.3) is 10.1 Å². The van der Waals surface area contributed by atoms with Crippen molar-refractivity contribution in [1.82, 2.24) is 0 Å². The summed E-state index contributed by atoms with van der Waals surface area (Å²) in [6, 6.07) is 7.46. The highest BCUT2D eigenvalue weighted by molar-refractivity contribution is 7.80. The molecule has 1 heterocycles. The number of thiophene rings is 1. The summed E-state index contributed by atoms with van der Waals surface area (Å²) in [5.41, 5.74) is 0.537. The summed E-state index contributed by atoms with van der Waals surface area (Å²) in [4.78, 5) is 11.9. The van der Waals surface area contributed by atoms with E-state index in [0.29, 0.717) is 15.3 Å². The molecule has 2 aromatic rings. The second-order valence-electron chi connectivity index (χ2n) is 2.75. The number of hydrogen-bond acceptors (Lipinski definition) is 4. The molecule has 0 bridgehead atoms. The number of thiol groups is 1. The summed E-state index contributed by atoms with van der Waals surface area (Å²) in [5, 5.41) is 9.73. The van der Waals surface area contributed by atoms with Crippen LogP contribution in [0.4, 0.5) is 0 Å². The highest BCUT2D eigenvalue weighted by Crippen LogP contribution is 2.30. The van der Waals surface area contributed by atoms with Gasteiger partial charge in [0.15, 0.2) is 6.29 Å². The van der Waals surface area contributed by atoms with Crippen LogP contribution in [0.3, 0.4) is 0 Å². The van der Waals surface area contributed by atoms with Gasteiger partial charge in [0.1, 0.15) is 6.07 Å². The predicted molar refractivity (Wildman–Crippen MR) is 59.2 cm³/mol. The van der Waals surface area contributed by atoms with Gasteiger partial charge in [-0.05, 0) is 18.2 Å². The SMILES string of the molecule is N#Cc1c(S)ccc2sc(C=O)cc12. The van der Waals surface area contributed by atoms with Gasteiger partial charge in [0.25, 0.3) is 0 Å². The first-order valence-electron chi connectivity index (χ1n) is 3.87. The number of aldehydes is 1. The van der Waals surface area contributed by atoms with E-state index in [0.717, 1.165) is 16.4 Å². The number of hydrogen-bond donors (Lipinski definition) is 1. The van der Waals surface area contributed by atoms with Crippen LogP contribution in [-0.2, 0) is 0 Å². The Morgan fingerprint density at radius 2 is 2.29 bits per heavy atom. The van der Waals surface area contributed by atoms with Crippen LogP contribution in [-0.4, -0.2) is 6.29 Å². The van der Waals surface area contributed by atoms with Crippen molar-refractivity contribution in [3.05, 3.63) is 28.6 Å². The first-order chi connectivity index (χ1) is 6.76. The van der Waals surface area contributed by atoms with Gasteiger partial charge < -0.3 is 0 Å². The van der Waals surface area contributed by atoms with Crippen LogP contribution < -0.4 is 0 Å². The number of carbonyl (C=O) groups is 1. The third-order valence-corrected chi connectivity index (χ3v) is 3.32. The minimum absolute atomic E-state index is 0.537. The van der Waals surface area contributed by atoms with Crippen LogP contribution in [0.2, 0.25) is 0 Å². The van der Waals surface area contributed by atoms with Gasteiger partial charge in [-0.2, -0.15) is 5.26 Å². The highest BCUT2D eigenvalue weighted by atomic mass is 32.1. The zero-order chi connectivity index (χ0) is 10.1. The van der Waals surface area contributed by atoms with Crippen molar-refractivity contribution in [2.45, 2.75) is 4.90 Å². The predicted octanol–water partition coefficient (Wildman–Crippen LogP) is 2.87. The third kappa shape index (κ3) is 1.31. The number of nitrogens with zero attached hydrogens (tertiary/aromatic N) is 1. The maximum Gasteiger partial charge on any atom is 0.160 e. The number of fused-ring (bicyclic) bond motifs is 1. The molecule has 0 saturated carbocycles. The minimum atomic E-state index is 0.537. The van der Waals surface area contributed by atoms with Crippen LogP contribution in [0, 0.1) is 11.3 Å². The summed E-state index contributed by atoms with van der Waals surface area (Å²) in [7, 11) is 0. The minimum Gasteiger partial charge on any atom is -0.297 e.